The van der Waals surface area contributed by atoms with Crippen molar-refractivity contribution in [1.29, 1.82) is 0 Å². The Balaban J connectivity index is 1.31. The fourth-order valence-electron chi connectivity index (χ4n) is 9.10. The number of ether oxygens (including phenoxy) is 2. The zero-order valence-electron chi connectivity index (χ0n) is 21.9. The minimum atomic E-state index is -1.78. The highest BCUT2D eigenvalue weighted by atomic mass is 16.7. The van der Waals surface area contributed by atoms with E-state index in [0.29, 0.717) is 25.7 Å². The van der Waals surface area contributed by atoms with Gasteiger partial charge in [0.2, 0.25) is 0 Å². The molecular formula is C27H40O11. The molecule has 0 aromatic heterocycles. The van der Waals surface area contributed by atoms with E-state index in [1.807, 2.05) is 6.92 Å². The summed E-state index contributed by atoms with van der Waals surface area (Å²) < 4.78 is 11.3. The number of Topliss-reactive ketones (excluding diaryl/α,β-unsaturated/α-hetero) is 2. The van der Waals surface area contributed by atoms with E-state index < -0.39 is 60.1 Å². The molecule has 1 heterocycles. The summed E-state index contributed by atoms with van der Waals surface area (Å²) in [7, 11) is 0. The maximum absolute atomic E-state index is 13.8. The molecule has 214 valence electrons. The van der Waals surface area contributed by atoms with Gasteiger partial charge in [0.25, 0.3) is 0 Å². The van der Waals surface area contributed by atoms with Crippen molar-refractivity contribution in [3.8, 4) is 0 Å². The van der Waals surface area contributed by atoms with E-state index in [-0.39, 0.29) is 53.8 Å². The Hall–Kier alpha value is -1.47. The lowest BCUT2D eigenvalue weighted by Crippen LogP contribution is -2.63. The van der Waals surface area contributed by atoms with Gasteiger partial charge in [0.05, 0.1) is 6.10 Å². The molecule has 13 atom stereocenters. The molecule has 5 aliphatic rings. The lowest BCUT2D eigenvalue weighted by Gasteiger charge is -2.60. The number of aliphatic carboxylic acids is 1. The first-order valence-corrected chi connectivity index (χ1v) is 13.8. The molecule has 0 bridgehead atoms. The van der Waals surface area contributed by atoms with E-state index >= 15 is 0 Å². The van der Waals surface area contributed by atoms with E-state index in [9.17, 15) is 45.0 Å². The molecule has 0 radical (unpaired) electrons. The fourth-order valence-corrected chi connectivity index (χ4v) is 9.10. The van der Waals surface area contributed by atoms with Crippen molar-refractivity contribution in [2.24, 2.45) is 34.5 Å². The van der Waals surface area contributed by atoms with E-state index in [2.05, 4.69) is 6.92 Å². The SMILES string of the molecule is C[C@]12CC[C@@H](O[C@@H]3O[C@H](C(=O)O)[C@@H](O)[C@@H](O)[C@H]3O)C[C@@H]1CC[C@@H]1[C@@H]2C(=O)C[C@@]2(C)[C@H]1CC[C@@]2(O)C(=O)CO. The van der Waals surface area contributed by atoms with Gasteiger partial charge in [-0.15, -0.1) is 0 Å². The van der Waals surface area contributed by atoms with Gasteiger partial charge in [-0.2, -0.15) is 0 Å². The van der Waals surface area contributed by atoms with Gasteiger partial charge in [0.15, 0.2) is 18.2 Å². The Morgan fingerprint density at radius 3 is 2.39 bits per heavy atom. The molecule has 0 spiro atoms. The highest BCUT2D eigenvalue weighted by molar-refractivity contribution is 5.92. The zero-order valence-corrected chi connectivity index (χ0v) is 21.9. The van der Waals surface area contributed by atoms with E-state index in [0.717, 1.165) is 12.8 Å². The number of carboxylic acid groups (broad SMARTS) is 1. The summed E-state index contributed by atoms with van der Waals surface area (Å²) in [5.74, 6) is -2.06. The molecule has 0 unspecified atom stereocenters. The number of carboxylic acids is 1. The normalized spacial score (nSPS) is 52.6. The molecule has 6 N–H and O–H groups in total. The number of hydrogen-bond donors (Lipinski definition) is 6. The molecule has 1 aliphatic heterocycles. The molecular weight excluding hydrogens is 500 g/mol. The molecule has 0 amide bonds. The van der Waals surface area contributed by atoms with Crippen molar-refractivity contribution in [3.05, 3.63) is 0 Å². The van der Waals surface area contributed by atoms with Crippen LogP contribution in [0.25, 0.3) is 0 Å². The van der Waals surface area contributed by atoms with Crippen LogP contribution in [0.15, 0.2) is 0 Å². The van der Waals surface area contributed by atoms with E-state index in [1.165, 1.54) is 0 Å². The summed E-state index contributed by atoms with van der Waals surface area (Å²) in [4.78, 5) is 37.8. The third kappa shape index (κ3) is 3.92. The molecule has 11 heteroatoms. The van der Waals surface area contributed by atoms with Gasteiger partial charge in [-0.3, -0.25) is 9.59 Å². The van der Waals surface area contributed by atoms with Gasteiger partial charge in [-0.1, -0.05) is 13.8 Å². The number of ketones is 2. The molecule has 1 saturated heterocycles. The number of carbonyl (C=O) groups is 3. The number of carbonyl (C=O) groups excluding carboxylic acids is 2. The number of aliphatic hydroxyl groups excluding tert-OH is 4. The molecule has 5 fully saturated rings. The summed E-state index contributed by atoms with van der Waals surface area (Å²) in [6.45, 7) is 3.22. The summed E-state index contributed by atoms with van der Waals surface area (Å²) in [5, 5.41) is 60.6. The zero-order chi connectivity index (χ0) is 27.8. The second-order valence-corrected chi connectivity index (χ2v) is 12.8. The Labute approximate surface area is 221 Å². The van der Waals surface area contributed by atoms with Crippen LogP contribution in [0.4, 0.5) is 0 Å². The van der Waals surface area contributed by atoms with Crippen LogP contribution in [-0.2, 0) is 23.9 Å². The first-order chi connectivity index (χ1) is 17.8. The molecule has 11 nitrogen and oxygen atoms in total. The predicted octanol–water partition coefficient (Wildman–Crippen LogP) is -0.222. The highest BCUT2D eigenvalue weighted by Crippen LogP contribution is 2.67. The first-order valence-electron chi connectivity index (χ1n) is 13.8. The van der Waals surface area contributed by atoms with Crippen LogP contribution < -0.4 is 0 Å². The molecule has 0 aromatic rings. The van der Waals surface area contributed by atoms with E-state index in [1.54, 1.807) is 0 Å². The van der Waals surface area contributed by atoms with Crippen LogP contribution in [0, 0.1) is 34.5 Å². The van der Waals surface area contributed by atoms with E-state index in [4.69, 9.17) is 9.47 Å². The largest absolute Gasteiger partial charge is 0.479 e. The summed E-state index contributed by atoms with van der Waals surface area (Å²) in [6, 6.07) is 0. The predicted molar refractivity (Wildman–Crippen MR) is 128 cm³/mol. The average molecular weight is 541 g/mol. The van der Waals surface area contributed by atoms with Crippen LogP contribution in [0.1, 0.15) is 65.2 Å². The van der Waals surface area contributed by atoms with Crippen molar-refractivity contribution >= 4 is 17.5 Å². The maximum Gasteiger partial charge on any atom is 0.335 e. The Bertz CT molecular complexity index is 986. The lowest BCUT2D eigenvalue weighted by molar-refractivity contribution is -0.309. The minimum absolute atomic E-state index is 0.00380. The summed E-state index contributed by atoms with van der Waals surface area (Å²) in [6.07, 6.45) is -4.28. The van der Waals surface area contributed by atoms with Crippen molar-refractivity contribution in [3.63, 3.8) is 0 Å². The topological polar surface area (TPSA) is 191 Å². The lowest BCUT2D eigenvalue weighted by atomic mass is 9.44. The molecule has 4 aliphatic carbocycles. The fraction of sp³-hybridized carbons (Fsp3) is 0.889. The van der Waals surface area contributed by atoms with Crippen molar-refractivity contribution in [2.45, 2.75) is 108 Å². The van der Waals surface area contributed by atoms with Crippen LogP contribution in [0.5, 0.6) is 0 Å². The second-order valence-electron chi connectivity index (χ2n) is 12.8. The quantitative estimate of drug-likeness (QED) is 0.253. The summed E-state index contributed by atoms with van der Waals surface area (Å²) in [5.41, 5.74) is -2.90. The van der Waals surface area contributed by atoms with Gasteiger partial charge in [-0.05, 0) is 68.1 Å². The molecule has 0 aromatic carbocycles. The van der Waals surface area contributed by atoms with Crippen LogP contribution in [0.3, 0.4) is 0 Å². The van der Waals surface area contributed by atoms with Crippen molar-refractivity contribution < 1.29 is 54.5 Å². The van der Waals surface area contributed by atoms with Crippen LogP contribution in [-0.4, -0.2) is 97.2 Å². The Kier molecular flexibility index (Phi) is 7.07. The third-order valence-corrected chi connectivity index (χ3v) is 11.2. The third-order valence-electron chi connectivity index (χ3n) is 11.2. The van der Waals surface area contributed by atoms with Crippen molar-refractivity contribution in [1.82, 2.24) is 0 Å². The maximum atomic E-state index is 13.8. The number of hydrogen-bond acceptors (Lipinski definition) is 10. The van der Waals surface area contributed by atoms with Crippen LogP contribution >= 0.6 is 0 Å². The van der Waals surface area contributed by atoms with Gasteiger partial charge in [-0.25, -0.2) is 4.79 Å². The number of rotatable bonds is 5. The van der Waals surface area contributed by atoms with Crippen molar-refractivity contribution in [2.75, 3.05) is 6.61 Å². The van der Waals surface area contributed by atoms with Gasteiger partial charge in [0.1, 0.15) is 36.3 Å². The molecule has 4 saturated carbocycles. The first kappa shape index (κ1) is 28.1. The summed E-state index contributed by atoms with van der Waals surface area (Å²) >= 11 is 0. The van der Waals surface area contributed by atoms with Gasteiger partial charge in [0, 0.05) is 17.8 Å². The average Bonchev–Trinajstić information content (AvgIpc) is 3.14. The van der Waals surface area contributed by atoms with Gasteiger partial charge < -0.3 is 40.1 Å². The van der Waals surface area contributed by atoms with Gasteiger partial charge >= 0.3 is 5.97 Å². The smallest absolute Gasteiger partial charge is 0.335 e. The van der Waals surface area contributed by atoms with Crippen LogP contribution in [0.2, 0.25) is 0 Å². The second kappa shape index (κ2) is 9.57. The molecule has 38 heavy (non-hydrogen) atoms. The highest BCUT2D eigenvalue weighted by Gasteiger charge is 2.69. The monoisotopic (exact) mass is 540 g/mol. The molecule has 5 rings (SSSR count). The Morgan fingerprint density at radius 2 is 1.74 bits per heavy atom. The number of aliphatic hydroxyl groups is 5. The number of fused-ring (bicyclic) bond motifs is 5. The minimum Gasteiger partial charge on any atom is -0.479 e. The Morgan fingerprint density at radius 1 is 1.03 bits per heavy atom. The standard InChI is InChI=1S/C27H40O11/c1-25-7-5-13(37-24-21(33)19(31)20(32)22(38-24)23(34)35)9-12(25)3-4-14-15-6-8-27(36,17(30)11-28)26(15,2)10-16(29)18(14)25/h12-15,18-22,24,28,31-33,36H,3-11H2,1-2H3,(H,34,35)/t12-,13+,14-,15-,18+,19+,20-,21+,22-,24+,25-,26-,27+/m0/s1.